The molecule has 1 aromatic rings. The van der Waals surface area contributed by atoms with Crippen LogP contribution in [0.5, 0.6) is 0 Å². The minimum absolute atomic E-state index is 0.302. The van der Waals surface area contributed by atoms with E-state index in [1.165, 1.54) is 18.5 Å². The summed E-state index contributed by atoms with van der Waals surface area (Å²) in [5.41, 5.74) is 1.25. The Bertz CT molecular complexity index is 374. The van der Waals surface area contributed by atoms with Crippen LogP contribution in [0.15, 0.2) is 10.7 Å². The van der Waals surface area contributed by atoms with Crippen molar-refractivity contribution in [2.75, 3.05) is 13.7 Å². The van der Waals surface area contributed by atoms with Gasteiger partial charge in [0.15, 0.2) is 0 Å². The van der Waals surface area contributed by atoms with E-state index in [-0.39, 0.29) is 0 Å². The third-order valence-electron chi connectivity index (χ3n) is 3.47. The molecule has 0 bridgehead atoms. The average Bonchev–Trinajstić information content (AvgIpc) is 2.98. The molecule has 0 aliphatic carbocycles. The monoisotopic (exact) mass is 315 g/mol. The number of hydrogen-bond acceptors (Lipinski definition) is 3. The molecule has 2 atom stereocenters. The Morgan fingerprint density at radius 3 is 3.11 bits per heavy atom. The molecule has 5 heteroatoms. The summed E-state index contributed by atoms with van der Waals surface area (Å²) < 4.78 is 8.93. The molecule has 102 valence electrons. The van der Waals surface area contributed by atoms with Crippen LogP contribution in [0.4, 0.5) is 0 Å². The molecule has 1 aliphatic rings. The highest BCUT2D eigenvalue weighted by Crippen LogP contribution is 2.29. The van der Waals surface area contributed by atoms with Crippen molar-refractivity contribution in [2.45, 2.75) is 51.3 Å². The second kappa shape index (κ2) is 6.68. The number of halogens is 1. The largest absolute Gasteiger partial charge is 0.378 e. The predicted molar refractivity (Wildman–Crippen MR) is 75.6 cm³/mol. The second-order valence-corrected chi connectivity index (χ2v) is 5.67. The van der Waals surface area contributed by atoms with E-state index in [9.17, 15) is 0 Å². The summed E-state index contributed by atoms with van der Waals surface area (Å²) in [5.74, 6) is 0. The summed E-state index contributed by atoms with van der Waals surface area (Å²) in [5, 5.41) is 7.84. The van der Waals surface area contributed by atoms with E-state index in [0.717, 1.165) is 30.5 Å². The van der Waals surface area contributed by atoms with Crippen molar-refractivity contribution in [1.82, 2.24) is 15.1 Å². The Morgan fingerprint density at radius 2 is 2.50 bits per heavy atom. The number of hydrogen-bond donors (Lipinski definition) is 1. The number of nitrogens with zero attached hydrogens (tertiary/aromatic N) is 2. The average molecular weight is 316 g/mol. The maximum Gasteiger partial charge on any atom is 0.0696 e. The molecule has 0 spiro atoms. The lowest BCUT2D eigenvalue weighted by molar-refractivity contribution is 0.0944. The normalized spacial score (nSPS) is 21.4. The molecular formula is C13H22BrN3O. The molecule has 0 saturated carbocycles. The first-order valence-electron chi connectivity index (χ1n) is 6.76. The molecule has 0 radical (unpaired) electrons. The highest BCUT2D eigenvalue weighted by molar-refractivity contribution is 9.10. The molecule has 2 rings (SSSR count). The van der Waals surface area contributed by atoms with Gasteiger partial charge in [-0.1, -0.05) is 6.92 Å². The quantitative estimate of drug-likeness (QED) is 0.877. The molecule has 1 saturated heterocycles. The van der Waals surface area contributed by atoms with Crippen LogP contribution in [0, 0.1) is 0 Å². The molecule has 4 nitrogen and oxygen atoms in total. The summed E-state index contributed by atoms with van der Waals surface area (Å²) in [6.07, 6.45) is 6.76. The summed E-state index contributed by atoms with van der Waals surface area (Å²) in [6.45, 7) is 4.05. The van der Waals surface area contributed by atoms with Crippen LogP contribution in [0.25, 0.3) is 0 Å². The zero-order chi connectivity index (χ0) is 13.0. The minimum atomic E-state index is 0.302. The summed E-state index contributed by atoms with van der Waals surface area (Å²) in [7, 11) is 2.01. The molecular weight excluding hydrogens is 294 g/mol. The van der Waals surface area contributed by atoms with Crippen LogP contribution in [0.3, 0.4) is 0 Å². The molecule has 18 heavy (non-hydrogen) atoms. The SMILES string of the molecule is CCCn1ncc(Br)c1C(CC1CCCO1)NC. The van der Waals surface area contributed by atoms with Crippen LogP contribution in [-0.2, 0) is 11.3 Å². The Kier molecular flexibility index (Phi) is 5.21. The van der Waals surface area contributed by atoms with Crippen molar-refractivity contribution in [1.29, 1.82) is 0 Å². The van der Waals surface area contributed by atoms with Gasteiger partial charge in [0.25, 0.3) is 0 Å². The van der Waals surface area contributed by atoms with Crippen LogP contribution in [0.1, 0.15) is 44.3 Å². The van der Waals surface area contributed by atoms with Gasteiger partial charge in [0, 0.05) is 13.2 Å². The van der Waals surface area contributed by atoms with Crippen molar-refractivity contribution in [2.24, 2.45) is 0 Å². The van der Waals surface area contributed by atoms with Gasteiger partial charge in [-0.3, -0.25) is 4.68 Å². The van der Waals surface area contributed by atoms with E-state index >= 15 is 0 Å². The van der Waals surface area contributed by atoms with Crippen LogP contribution < -0.4 is 5.32 Å². The molecule has 1 N–H and O–H groups in total. The molecule has 1 aromatic heterocycles. The van der Waals surface area contributed by atoms with Gasteiger partial charge in [-0.05, 0) is 48.7 Å². The fourth-order valence-corrected chi connectivity index (χ4v) is 3.14. The highest BCUT2D eigenvalue weighted by atomic mass is 79.9. The lowest BCUT2D eigenvalue weighted by Gasteiger charge is -2.21. The summed E-state index contributed by atoms with van der Waals surface area (Å²) in [6, 6.07) is 0.302. The van der Waals surface area contributed by atoms with E-state index in [2.05, 4.69) is 38.0 Å². The molecule has 0 aromatic carbocycles. The topological polar surface area (TPSA) is 39.1 Å². The zero-order valence-electron chi connectivity index (χ0n) is 11.2. The van der Waals surface area contributed by atoms with Crippen LogP contribution >= 0.6 is 15.9 Å². The van der Waals surface area contributed by atoms with E-state index in [0.29, 0.717) is 12.1 Å². The Balaban J connectivity index is 2.12. The number of aromatic nitrogens is 2. The van der Waals surface area contributed by atoms with E-state index in [4.69, 9.17) is 4.74 Å². The number of nitrogens with one attached hydrogen (secondary N) is 1. The fraction of sp³-hybridized carbons (Fsp3) is 0.769. The Morgan fingerprint density at radius 1 is 1.67 bits per heavy atom. The third kappa shape index (κ3) is 3.13. The van der Waals surface area contributed by atoms with Gasteiger partial charge < -0.3 is 10.1 Å². The van der Waals surface area contributed by atoms with Crippen LogP contribution in [-0.4, -0.2) is 29.5 Å². The van der Waals surface area contributed by atoms with Gasteiger partial charge in [-0.2, -0.15) is 5.10 Å². The zero-order valence-corrected chi connectivity index (χ0v) is 12.7. The van der Waals surface area contributed by atoms with Gasteiger partial charge in [0.05, 0.1) is 28.5 Å². The van der Waals surface area contributed by atoms with Gasteiger partial charge in [-0.15, -0.1) is 0 Å². The van der Waals surface area contributed by atoms with Crippen molar-refractivity contribution in [3.63, 3.8) is 0 Å². The third-order valence-corrected chi connectivity index (χ3v) is 4.08. The van der Waals surface area contributed by atoms with Gasteiger partial charge in [0.2, 0.25) is 0 Å². The van der Waals surface area contributed by atoms with Gasteiger partial charge >= 0.3 is 0 Å². The van der Waals surface area contributed by atoms with Crippen LogP contribution in [0.2, 0.25) is 0 Å². The number of ether oxygens (including phenoxy) is 1. The highest BCUT2D eigenvalue weighted by Gasteiger charge is 2.24. The Labute approximate surface area is 117 Å². The van der Waals surface area contributed by atoms with Crippen molar-refractivity contribution in [3.8, 4) is 0 Å². The van der Waals surface area contributed by atoms with Crippen molar-refractivity contribution >= 4 is 15.9 Å². The first kappa shape index (κ1) is 14.0. The molecule has 2 heterocycles. The minimum Gasteiger partial charge on any atom is -0.378 e. The molecule has 1 aliphatic heterocycles. The fourth-order valence-electron chi connectivity index (χ4n) is 2.57. The van der Waals surface area contributed by atoms with Gasteiger partial charge in [-0.25, -0.2) is 0 Å². The maximum atomic E-state index is 5.74. The molecule has 1 fully saturated rings. The standard InChI is InChI=1S/C13H22BrN3O/c1-3-6-17-13(11(14)9-16-17)12(15-2)8-10-5-4-7-18-10/h9-10,12,15H,3-8H2,1-2H3. The van der Waals surface area contributed by atoms with Crippen molar-refractivity contribution < 1.29 is 4.74 Å². The number of rotatable bonds is 6. The van der Waals surface area contributed by atoms with Crippen molar-refractivity contribution in [3.05, 3.63) is 16.4 Å². The summed E-state index contributed by atoms with van der Waals surface area (Å²) in [4.78, 5) is 0. The first-order valence-corrected chi connectivity index (χ1v) is 7.55. The lowest BCUT2D eigenvalue weighted by Crippen LogP contribution is -2.25. The van der Waals surface area contributed by atoms with E-state index in [1.54, 1.807) is 0 Å². The number of aryl methyl sites for hydroxylation is 1. The van der Waals surface area contributed by atoms with Gasteiger partial charge in [0.1, 0.15) is 0 Å². The second-order valence-electron chi connectivity index (χ2n) is 4.81. The van der Waals surface area contributed by atoms with E-state index < -0.39 is 0 Å². The van der Waals surface area contributed by atoms with E-state index in [1.807, 2.05) is 13.2 Å². The summed E-state index contributed by atoms with van der Waals surface area (Å²) >= 11 is 3.61. The Hall–Kier alpha value is -0.390. The molecule has 2 unspecified atom stereocenters. The first-order chi connectivity index (χ1) is 8.76. The maximum absolute atomic E-state index is 5.74. The molecule has 0 amide bonds. The lowest BCUT2D eigenvalue weighted by atomic mass is 10.0. The smallest absolute Gasteiger partial charge is 0.0696 e. The predicted octanol–water partition coefficient (Wildman–Crippen LogP) is 2.89.